The molecule has 4 heteroatoms. The van der Waals surface area contributed by atoms with Crippen LogP contribution in [0.2, 0.25) is 0 Å². The van der Waals surface area contributed by atoms with Crippen LogP contribution >= 0.6 is 0 Å². The van der Waals surface area contributed by atoms with Gasteiger partial charge in [-0.2, -0.15) is 0 Å². The normalized spacial score (nSPS) is 10.0. The fraction of sp³-hybridized carbons (Fsp3) is 0.545. The van der Waals surface area contributed by atoms with Crippen LogP contribution in [0.3, 0.4) is 0 Å². The lowest BCUT2D eigenvalue weighted by atomic mass is 10.2. The lowest BCUT2D eigenvalue weighted by Crippen LogP contribution is -2.08. The van der Waals surface area contributed by atoms with Crippen molar-refractivity contribution in [2.45, 2.75) is 33.1 Å². The molecule has 15 heavy (non-hydrogen) atoms. The Kier molecular flexibility index (Phi) is 4.74. The van der Waals surface area contributed by atoms with E-state index in [1.807, 2.05) is 0 Å². The lowest BCUT2D eigenvalue weighted by molar-refractivity contribution is 0.0519. The summed E-state index contributed by atoms with van der Waals surface area (Å²) in [5.41, 5.74) is 1.24. The Labute approximate surface area is 89.7 Å². The summed E-state index contributed by atoms with van der Waals surface area (Å²) in [6.07, 6.45) is 4.47. The van der Waals surface area contributed by atoms with Gasteiger partial charge in [0, 0.05) is 5.69 Å². The van der Waals surface area contributed by atoms with Crippen LogP contribution in [0, 0.1) is 0 Å². The van der Waals surface area contributed by atoms with Gasteiger partial charge in [-0.1, -0.05) is 13.3 Å². The van der Waals surface area contributed by atoms with Gasteiger partial charge in [0.25, 0.3) is 0 Å². The summed E-state index contributed by atoms with van der Waals surface area (Å²) in [6.45, 7) is 4.26. The van der Waals surface area contributed by atoms with E-state index >= 15 is 0 Å². The van der Waals surface area contributed by atoms with Gasteiger partial charge >= 0.3 is 5.97 Å². The van der Waals surface area contributed by atoms with Crippen molar-refractivity contribution in [1.82, 2.24) is 9.97 Å². The van der Waals surface area contributed by atoms with Gasteiger partial charge in [-0.25, -0.2) is 14.8 Å². The molecule has 0 amide bonds. The van der Waals surface area contributed by atoms with Gasteiger partial charge in [-0.15, -0.1) is 0 Å². The van der Waals surface area contributed by atoms with Crippen molar-refractivity contribution < 1.29 is 9.53 Å². The SMILES string of the molecule is CCCCc1cc(C(=O)OCC)ncn1. The summed E-state index contributed by atoms with van der Waals surface area (Å²) in [5.74, 6) is -0.377. The smallest absolute Gasteiger partial charge is 0.357 e. The number of aryl methyl sites for hydroxylation is 1. The molecular weight excluding hydrogens is 192 g/mol. The molecule has 0 aliphatic heterocycles. The molecule has 0 aromatic carbocycles. The van der Waals surface area contributed by atoms with Gasteiger partial charge < -0.3 is 4.74 Å². The van der Waals surface area contributed by atoms with Crippen LogP contribution in [0.1, 0.15) is 42.9 Å². The van der Waals surface area contributed by atoms with Crippen LogP contribution in [-0.2, 0) is 11.2 Å². The molecule has 0 atom stereocenters. The molecule has 1 heterocycles. The van der Waals surface area contributed by atoms with E-state index in [9.17, 15) is 4.79 Å². The zero-order valence-corrected chi connectivity index (χ0v) is 9.19. The highest BCUT2D eigenvalue weighted by Crippen LogP contribution is 2.04. The standard InChI is InChI=1S/C11H16N2O2/c1-3-5-6-9-7-10(13-8-12-9)11(14)15-4-2/h7-8H,3-6H2,1-2H3. The molecule has 4 nitrogen and oxygen atoms in total. The van der Waals surface area contributed by atoms with E-state index in [1.165, 1.54) is 6.33 Å². The molecule has 0 saturated carbocycles. The van der Waals surface area contributed by atoms with Crippen molar-refractivity contribution >= 4 is 5.97 Å². The molecule has 1 rings (SSSR count). The predicted octanol–water partition coefficient (Wildman–Crippen LogP) is 2.00. The number of ether oxygens (including phenoxy) is 1. The molecule has 0 aliphatic carbocycles. The van der Waals surface area contributed by atoms with Gasteiger partial charge in [0.05, 0.1) is 6.61 Å². The van der Waals surface area contributed by atoms with Crippen LogP contribution in [0.15, 0.2) is 12.4 Å². The molecule has 0 bridgehead atoms. The zero-order chi connectivity index (χ0) is 11.1. The van der Waals surface area contributed by atoms with E-state index in [1.54, 1.807) is 13.0 Å². The van der Waals surface area contributed by atoms with Crippen molar-refractivity contribution in [2.75, 3.05) is 6.61 Å². The summed E-state index contributed by atoms with van der Waals surface area (Å²) < 4.78 is 4.86. The maximum Gasteiger partial charge on any atom is 0.357 e. The topological polar surface area (TPSA) is 52.1 Å². The summed E-state index contributed by atoms with van der Waals surface area (Å²) in [6, 6.07) is 1.70. The number of hydrogen-bond donors (Lipinski definition) is 0. The zero-order valence-electron chi connectivity index (χ0n) is 9.19. The highest BCUT2D eigenvalue weighted by molar-refractivity contribution is 5.87. The fourth-order valence-corrected chi connectivity index (χ4v) is 1.21. The molecule has 0 aliphatic rings. The molecule has 0 unspecified atom stereocenters. The average molecular weight is 208 g/mol. The molecule has 0 radical (unpaired) electrons. The van der Waals surface area contributed by atoms with Crippen molar-refractivity contribution in [2.24, 2.45) is 0 Å². The van der Waals surface area contributed by atoms with E-state index in [4.69, 9.17) is 4.74 Å². The first kappa shape index (κ1) is 11.6. The van der Waals surface area contributed by atoms with E-state index in [0.29, 0.717) is 12.3 Å². The minimum Gasteiger partial charge on any atom is -0.461 e. The number of unbranched alkanes of at least 4 members (excludes halogenated alkanes) is 1. The van der Waals surface area contributed by atoms with E-state index in [2.05, 4.69) is 16.9 Å². The van der Waals surface area contributed by atoms with E-state index in [0.717, 1.165) is 25.0 Å². The third kappa shape index (κ3) is 3.65. The Balaban J connectivity index is 2.69. The van der Waals surface area contributed by atoms with Crippen LogP contribution in [0.4, 0.5) is 0 Å². The first-order valence-corrected chi connectivity index (χ1v) is 5.26. The largest absolute Gasteiger partial charge is 0.461 e. The summed E-state index contributed by atoms with van der Waals surface area (Å²) >= 11 is 0. The van der Waals surface area contributed by atoms with Gasteiger partial charge in [0.15, 0.2) is 5.69 Å². The maximum absolute atomic E-state index is 11.4. The molecular formula is C11H16N2O2. The number of aromatic nitrogens is 2. The second-order valence-electron chi connectivity index (χ2n) is 3.22. The van der Waals surface area contributed by atoms with Crippen LogP contribution in [-0.4, -0.2) is 22.5 Å². The molecule has 0 N–H and O–H groups in total. The number of rotatable bonds is 5. The highest BCUT2D eigenvalue weighted by atomic mass is 16.5. The molecule has 0 spiro atoms. The number of esters is 1. The Morgan fingerprint density at radius 2 is 2.20 bits per heavy atom. The predicted molar refractivity (Wildman–Crippen MR) is 56.6 cm³/mol. The second kappa shape index (κ2) is 6.11. The Morgan fingerprint density at radius 3 is 2.87 bits per heavy atom. The summed E-state index contributed by atoms with van der Waals surface area (Å²) in [5, 5.41) is 0. The third-order valence-electron chi connectivity index (χ3n) is 1.99. The van der Waals surface area contributed by atoms with E-state index in [-0.39, 0.29) is 5.97 Å². The van der Waals surface area contributed by atoms with Crippen molar-refractivity contribution in [3.8, 4) is 0 Å². The lowest BCUT2D eigenvalue weighted by Gasteiger charge is -2.02. The molecule has 82 valence electrons. The highest BCUT2D eigenvalue weighted by Gasteiger charge is 2.08. The monoisotopic (exact) mass is 208 g/mol. The Bertz CT molecular complexity index is 326. The van der Waals surface area contributed by atoms with Crippen LogP contribution in [0.25, 0.3) is 0 Å². The first-order chi connectivity index (χ1) is 7.27. The summed E-state index contributed by atoms with van der Waals surface area (Å²) in [7, 11) is 0. The van der Waals surface area contributed by atoms with Gasteiger partial charge in [-0.05, 0) is 25.8 Å². The van der Waals surface area contributed by atoms with Crippen LogP contribution in [0.5, 0.6) is 0 Å². The van der Waals surface area contributed by atoms with Gasteiger partial charge in [-0.3, -0.25) is 0 Å². The average Bonchev–Trinajstić information content (AvgIpc) is 2.27. The first-order valence-electron chi connectivity index (χ1n) is 5.26. The van der Waals surface area contributed by atoms with Crippen LogP contribution < -0.4 is 0 Å². The fourth-order valence-electron chi connectivity index (χ4n) is 1.21. The quantitative estimate of drug-likeness (QED) is 0.694. The number of carbonyl (C=O) groups excluding carboxylic acids is 1. The number of carbonyl (C=O) groups is 1. The molecule has 0 fully saturated rings. The molecule has 0 saturated heterocycles. The van der Waals surface area contributed by atoms with Crippen molar-refractivity contribution in [3.05, 3.63) is 23.8 Å². The number of hydrogen-bond acceptors (Lipinski definition) is 4. The maximum atomic E-state index is 11.4. The number of nitrogens with zero attached hydrogens (tertiary/aromatic N) is 2. The Morgan fingerprint density at radius 1 is 1.40 bits per heavy atom. The Hall–Kier alpha value is -1.45. The minimum atomic E-state index is -0.377. The molecule has 1 aromatic heterocycles. The van der Waals surface area contributed by atoms with Gasteiger partial charge in [0.1, 0.15) is 6.33 Å². The second-order valence-corrected chi connectivity index (χ2v) is 3.22. The van der Waals surface area contributed by atoms with E-state index < -0.39 is 0 Å². The van der Waals surface area contributed by atoms with Crippen molar-refractivity contribution in [1.29, 1.82) is 0 Å². The third-order valence-corrected chi connectivity index (χ3v) is 1.99. The molecule has 1 aromatic rings. The van der Waals surface area contributed by atoms with Crippen molar-refractivity contribution in [3.63, 3.8) is 0 Å². The summed E-state index contributed by atoms with van der Waals surface area (Å²) in [4.78, 5) is 19.3. The van der Waals surface area contributed by atoms with Gasteiger partial charge in [0.2, 0.25) is 0 Å². The minimum absolute atomic E-state index is 0.345.